The van der Waals surface area contributed by atoms with E-state index in [0.29, 0.717) is 19.3 Å². The largest absolute Gasteiger partial charge is 0.399 e. The van der Waals surface area contributed by atoms with Gasteiger partial charge in [-0.2, -0.15) is 0 Å². The summed E-state index contributed by atoms with van der Waals surface area (Å²) in [5.41, 5.74) is 9.43. The highest BCUT2D eigenvalue weighted by atomic mass is 16.5. The number of anilines is 1. The number of nitrogens with zero attached hydrogens (tertiary/aromatic N) is 1. The number of benzene rings is 1. The number of nitrogen functional groups attached to an aromatic ring is 1. The normalized spacial score (nSPS) is 18.3. The fourth-order valence-corrected chi connectivity index (χ4v) is 2.60. The number of nitrogens with two attached hydrogens (primary N) is 1. The van der Waals surface area contributed by atoms with Crippen molar-refractivity contribution < 1.29 is 9.84 Å². The number of rotatable bonds is 6. The summed E-state index contributed by atoms with van der Waals surface area (Å²) >= 11 is 0. The van der Waals surface area contributed by atoms with Crippen molar-refractivity contribution in [2.75, 3.05) is 39.1 Å². The number of aryl methyl sites for hydroxylation is 1. The highest BCUT2D eigenvalue weighted by Gasteiger charge is 2.25. The van der Waals surface area contributed by atoms with Gasteiger partial charge < -0.3 is 15.6 Å². The molecule has 0 bridgehead atoms. The third-order valence-electron chi connectivity index (χ3n) is 3.57. The molecule has 1 aliphatic carbocycles. The summed E-state index contributed by atoms with van der Waals surface area (Å²) in [6.45, 7) is 2.06. The lowest BCUT2D eigenvalue weighted by Crippen LogP contribution is -2.27. The molecule has 0 radical (unpaired) electrons. The van der Waals surface area contributed by atoms with Crippen LogP contribution in [0, 0.1) is 0 Å². The van der Waals surface area contributed by atoms with E-state index in [-0.39, 0.29) is 6.61 Å². The molecule has 0 aliphatic heterocycles. The molecule has 0 aromatic heterocycles. The summed E-state index contributed by atoms with van der Waals surface area (Å²) in [5.74, 6) is 0. The molecule has 1 unspecified atom stereocenters. The standard InChI is InChI=1S/C14H22N2O2/c1-16(6-8-18-9-7-17)14-5-2-11-10-12(15)3-4-13(11)14/h3-4,10,14,17H,2,5-9,15H2,1H3. The molecule has 0 saturated carbocycles. The van der Waals surface area contributed by atoms with Gasteiger partial charge in [0.05, 0.1) is 19.8 Å². The number of fused-ring (bicyclic) bond motifs is 1. The Morgan fingerprint density at radius 2 is 2.28 bits per heavy atom. The predicted molar refractivity (Wildman–Crippen MR) is 72.5 cm³/mol. The van der Waals surface area contributed by atoms with Crippen molar-refractivity contribution >= 4 is 5.69 Å². The van der Waals surface area contributed by atoms with Gasteiger partial charge in [-0.25, -0.2) is 0 Å². The van der Waals surface area contributed by atoms with Gasteiger partial charge in [-0.1, -0.05) is 6.07 Å². The Balaban J connectivity index is 1.91. The maximum Gasteiger partial charge on any atom is 0.0698 e. The molecule has 1 aromatic carbocycles. The van der Waals surface area contributed by atoms with Crippen molar-refractivity contribution in [2.24, 2.45) is 0 Å². The maximum atomic E-state index is 8.65. The number of hydrogen-bond donors (Lipinski definition) is 2. The fraction of sp³-hybridized carbons (Fsp3) is 0.571. The van der Waals surface area contributed by atoms with Crippen LogP contribution in [-0.2, 0) is 11.2 Å². The molecule has 100 valence electrons. The van der Waals surface area contributed by atoms with E-state index in [1.165, 1.54) is 11.1 Å². The second-order valence-corrected chi connectivity index (χ2v) is 4.83. The molecule has 0 spiro atoms. The van der Waals surface area contributed by atoms with Gasteiger partial charge in [0.1, 0.15) is 0 Å². The first kappa shape index (κ1) is 13.3. The number of ether oxygens (including phenoxy) is 1. The topological polar surface area (TPSA) is 58.7 Å². The second kappa shape index (κ2) is 6.18. The molecule has 0 fully saturated rings. The van der Waals surface area contributed by atoms with E-state index in [0.717, 1.165) is 25.1 Å². The zero-order chi connectivity index (χ0) is 13.0. The van der Waals surface area contributed by atoms with Crippen LogP contribution in [-0.4, -0.2) is 43.4 Å². The van der Waals surface area contributed by atoms with Crippen LogP contribution in [0.4, 0.5) is 5.69 Å². The Labute approximate surface area is 108 Å². The van der Waals surface area contributed by atoms with Crippen molar-refractivity contribution in [1.29, 1.82) is 0 Å². The van der Waals surface area contributed by atoms with Crippen LogP contribution in [0.25, 0.3) is 0 Å². The van der Waals surface area contributed by atoms with Gasteiger partial charge in [0.15, 0.2) is 0 Å². The Hall–Kier alpha value is -1.10. The lowest BCUT2D eigenvalue weighted by Gasteiger charge is -2.25. The Morgan fingerprint density at radius 3 is 3.06 bits per heavy atom. The lowest BCUT2D eigenvalue weighted by molar-refractivity contribution is 0.0703. The van der Waals surface area contributed by atoms with E-state index < -0.39 is 0 Å². The molecular weight excluding hydrogens is 228 g/mol. The average Bonchev–Trinajstić information content (AvgIpc) is 2.77. The van der Waals surface area contributed by atoms with Crippen molar-refractivity contribution in [3.05, 3.63) is 29.3 Å². The van der Waals surface area contributed by atoms with Gasteiger partial charge in [0.25, 0.3) is 0 Å². The molecule has 0 heterocycles. The maximum absolute atomic E-state index is 8.65. The molecular formula is C14H22N2O2. The third-order valence-corrected chi connectivity index (χ3v) is 3.57. The van der Waals surface area contributed by atoms with Crippen LogP contribution in [0.5, 0.6) is 0 Å². The molecule has 1 atom stereocenters. The van der Waals surface area contributed by atoms with Crippen LogP contribution in [0.15, 0.2) is 18.2 Å². The summed E-state index contributed by atoms with van der Waals surface area (Å²) in [6, 6.07) is 6.69. The number of hydrogen-bond acceptors (Lipinski definition) is 4. The van der Waals surface area contributed by atoms with Crippen LogP contribution in [0.1, 0.15) is 23.6 Å². The monoisotopic (exact) mass is 250 g/mol. The fourth-order valence-electron chi connectivity index (χ4n) is 2.60. The van der Waals surface area contributed by atoms with Gasteiger partial charge >= 0.3 is 0 Å². The highest BCUT2D eigenvalue weighted by molar-refractivity contribution is 5.47. The van der Waals surface area contributed by atoms with Crippen LogP contribution in [0.3, 0.4) is 0 Å². The minimum absolute atomic E-state index is 0.0925. The smallest absolute Gasteiger partial charge is 0.0698 e. The summed E-state index contributed by atoms with van der Waals surface area (Å²) in [7, 11) is 2.12. The Kier molecular flexibility index (Phi) is 4.58. The van der Waals surface area contributed by atoms with Gasteiger partial charge in [-0.3, -0.25) is 4.90 Å². The van der Waals surface area contributed by atoms with Crippen molar-refractivity contribution in [3.63, 3.8) is 0 Å². The lowest BCUT2D eigenvalue weighted by atomic mass is 10.1. The zero-order valence-corrected chi connectivity index (χ0v) is 10.9. The van der Waals surface area contributed by atoms with Crippen molar-refractivity contribution in [2.45, 2.75) is 18.9 Å². The SMILES string of the molecule is CN(CCOCCO)C1CCc2cc(N)ccc21. The number of likely N-dealkylation sites (N-methyl/N-ethyl adjacent to an activating group) is 1. The Morgan fingerprint density at radius 1 is 1.44 bits per heavy atom. The quantitative estimate of drug-likeness (QED) is 0.588. The van der Waals surface area contributed by atoms with Gasteiger partial charge in [-0.05, 0) is 43.1 Å². The third kappa shape index (κ3) is 3.02. The van der Waals surface area contributed by atoms with Crippen molar-refractivity contribution in [1.82, 2.24) is 4.90 Å². The van der Waals surface area contributed by atoms with E-state index >= 15 is 0 Å². The minimum atomic E-state index is 0.0925. The predicted octanol–water partition coefficient (Wildman–Crippen LogP) is 1.20. The molecule has 1 aliphatic rings. The number of aliphatic hydroxyl groups is 1. The van der Waals surface area contributed by atoms with Gasteiger partial charge in [0, 0.05) is 18.3 Å². The van der Waals surface area contributed by atoms with E-state index in [1.54, 1.807) is 0 Å². The summed E-state index contributed by atoms with van der Waals surface area (Å²) in [5, 5.41) is 8.65. The Bertz CT molecular complexity index is 395. The van der Waals surface area contributed by atoms with Gasteiger partial charge in [0.2, 0.25) is 0 Å². The summed E-state index contributed by atoms with van der Waals surface area (Å²) in [4.78, 5) is 2.32. The number of aliphatic hydroxyl groups excluding tert-OH is 1. The van der Waals surface area contributed by atoms with Gasteiger partial charge in [-0.15, -0.1) is 0 Å². The summed E-state index contributed by atoms with van der Waals surface area (Å²) in [6.07, 6.45) is 2.25. The molecule has 3 N–H and O–H groups in total. The van der Waals surface area contributed by atoms with E-state index in [4.69, 9.17) is 15.6 Å². The van der Waals surface area contributed by atoms with Crippen LogP contribution in [0.2, 0.25) is 0 Å². The van der Waals surface area contributed by atoms with Crippen LogP contribution < -0.4 is 5.73 Å². The molecule has 4 heteroatoms. The molecule has 2 rings (SSSR count). The molecule has 4 nitrogen and oxygen atoms in total. The zero-order valence-electron chi connectivity index (χ0n) is 10.9. The molecule has 0 amide bonds. The second-order valence-electron chi connectivity index (χ2n) is 4.83. The summed E-state index contributed by atoms with van der Waals surface area (Å²) < 4.78 is 5.31. The first-order valence-corrected chi connectivity index (χ1v) is 6.49. The van der Waals surface area contributed by atoms with E-state index in [1.807, 2.05) is 6.07 Å². The van der Waals surface area contributed by atoms with Crippen molar-refractivity contribution in [3.8, 4) is 0 Å². The average molecular weight is 250 g/mol. The van der Waals surface area contributed by atoms with E-state index in [9.17, 15) is 0 Å². The van der Waals surface area contributed by atoms with E-state index in [2.05, 4.69) is 24.1 Å². The molecule has 1 aromatic rings. The van der Waals surface area contributed by atoms with Crippen LogP contribution >= 0.6 is 0 Å². The first-order chi connectivity index (χ1) is 8.72. The molecule has 18 heavy (non-hydrogen) atoms. The first-order valence-electron chi connectivity index (χ1n) is 6.49. The minimum Gasteiger partial charge on any atom is -0.399 e. The highest BCUT2D eigenvalue weighted by Crippen LogP contribution is 2.35. The molecule has 0 saturated heterocycles.